The van der Waals surface area contributed by atoms with Gasteiger partial charge in [-0.2, -0.15) is 5.26 Å². The molecule has 0 aromatic heterocycles. The zero-order valence-corrected chi connectivity index (χ0v) is 25.4. The van der Waals surface area contributed by atoms with Gasteiger partial charge in [-0.25, -0.2) is 4.67 Å². The molecule has 0 bridgehead atoms. The Labute approximate surface area is 242 Å². The summed E-state index contributed by atoms with van der Waals surface area (Å²) in [7, 11) is -1.41. The number of carbonyl (C=O) groups is 1. The maximum atomic E-state index is 13.1. The van der Waals surface area contributed by atoms with Crippen LogP contribution in [0.5, 0.6) is 0 Å². The van der Waals surface area contributed by atoms with E-state index in [1.54, 1.807) is 0 Å². The molecule has 0 heterocycles. The summed E-state index contributed by atoms with van der Waals surface area (Å²) in [5, 5.41) is 16.6. The highest BCUT2D eigenvalue weighted by Crippen LogP contribution is 2.48. The molecule has 1 unspecified atom stereocenters. The van der Waals surface area contributed by atoms with E-state index in [0.717, 1.165) is 12.8 Å². The van der Waals surface area contributed by atoms with Crippen LogP contribution in [0, 0.1) is 17.2 Å². The Kier molecular flexibility index (Phi) is 10.00. The lowest BCUT2D eigenvalue weighted by Gasteiger charge is -2.37. The van der Waals surface area contributed by atoms with E-state index in [2.05, 4.69) is 93.0 Å². The number of nitriles is 1. The Morgan fingerprint density at radius 1 is 0.975 bits per heavy atom. The second-order valence-electron chi connectivity index (χ2n) is 11.3. The van der Waals surface area contributed by atoms with Gasteiger partial charge in [-0.3, -0.25) is 4.79 Å². The van der Waals surface area contributed by atoms with Crippen molar-refractivity contribution in [3.63, 3.8) is 0 Å². The van der Waals surface area contributed by atoms with Crippen LogP contribution < -0.4 is 0 Å². The fourth-order valence-electron chi connectivity index (χ4n) is 5.57. The second kappa shape index (κ2) is 13.8. The highest BCUT2D eigenvalue weighted by molar-refractivity contribution is 7.44. The summed E-state index contributed by atoms with van der Waals surface area (Å²) in [4.78, 5) is 13.1. The molecule has 212 valence electrons. The van der Waals surface area contributed by atoms with E-state index >= 15 is 0 Å². The van der Waals surface area contributed by atoms with Gasteiger partial charge >= 0.3 is 0 Å². The molecule has 0 aliphatic carbocycles. The van der Waals surface area contributed by atoms with Gasteiger partial charge in [0.2, 0.25) is 0 Å². The van der Waals surface area contributed by atoms with E-state index in [9.17, 15) is 4.79 Å². The molecule has 4 aromatic carbocycles. The standard InChI is InChI=1S/C34H43N2O3P/c1-23(2)36(24(3)4)40(38-21-9-20-35)39-26(6)25(5)22-31(37)13-8-10-27-14-15-30-17-16-28-11-7-12-29-18-19-32(27)34(30)33(28)29/h7,11-12,14-19,23-26H,8-10,13,21-22H2,1-6H3/t25-,26+,40?/m1/s1/i5D. The van der Waals surface area contributed by atoms with Gasteiger partial charge in [0.05, 0.1) is 25.2 Å². The topological polar surface area (TPSA) is 62.6 Å². The molecular formula is C34H43N2O3P. The highest BCUT2D eigenvalue weighted by atomic mass is 31.2. The van der Waals surface area contributed by atoms with Crippen LogP contribution in [0.2, 0.25) is 0 Å². The van der Waals surface area contributed by atoms with Gasteiger partial charge in [-0.05, 0) is 91.3 Å². The van der Waals surface area contributed by atoms with Gasteiger partial charge in [0.25, 0.3) is 8.53 Å². The second-order valence-corrected chi connectivity index (χ2v) is 12.7. The summed E-state index contributed by atoms with van der Waals surface area (Å²) in [5.74, 6) is -0.0301. The number of aryl methyl sites for hydroxylation is 1. The zero-order valence-electron chi connectivity index (χ0n) is 25.5. The average molecular weight is 560 g/mol. The lowest BCUT2D eigenvalue weighted by atomic mass is 9.90. The minimum atomic E-state index is -1.41. The van der Waals surface area contributed by atoms with Crippen LogP contribution in [0.25, 0.3) is 32.3 Å². The van der Waals surface area contributed by atoms with E-state index in [1.165, 1.54) is 37.9 Å². The summed E-state index contributed by atoms with van der Waals surface area (Å²) >= 11 is 0. The third-order valence-corrected chi connectivity index (χ3v) is 9.81. The third kappa shape index (κ3) is 6.99. The van der Waals surface area contributed by atoms with Gasteiger partial charge in [0.1, 0.15) is 5.78 Å². The van der Waals surface area contributed by atoms with Crippen molar-refractivity contribution in [1.82, 2.24) is 4.67 Å². The lowest BCUT2D eigenvalue weighted by molar-refractivity contribution is -0.120. The van der Waals surface area contributed by atoms with E-state index in [0.29, 0.717) is 25.9 Å². The van der Waals surface area contributed by atoms with Crippen molar-refractivity contribution in [1.29, 1.82) is 5.26 Å². The highest BCUT2D eigenvalue weighted by Gasteiger charge is 2.30. The minimum Gasteiger partial charge on any atom is -0.321 e. The Morgan fingerprint density at radius 2 is 1.62 bits per heavy atom. The summed E-state index contributed by atoms with van der Waals surface area (Å²) in [6, 6.07) is 22.2. The van der Waals surface area contributed by atoms with E-state index in [-0.39, 0.29) is 36.8 Å². The first kappa shape index (κ1) is 28.9. The summed E-state index contributed by atoms with van der Waals surface area (Å²) in [5.41, 5.74) is 1.28. The van der Waals surface area contributed by atoms with Gasteiger partial charge in [-0.1, -0.05) is 61.5 Å². The summed E-state index contributed by atoms with van der Waals surface area (Å²) in [6.45, 7) is 10.8. The molecule has 4 rings (SSSR count). The van der Waals surface area contributed by atoms with Crippen molar-refractivity contribution in [2.45, 2.75) is 91.8 Å². The fraction of sp³-hybridized carbons (Fsp3) is 0.471. The molecule has 0 N–H and O–H groups in total. The first-order valence-electron chi connectivity index (χ1n) is 15.2. The molecule has 4 aromatic rings. The molecule has 3 atom stereocenters. The molecule has 0 saturated carbocycles. The van der Waals surface area contributed by atoms with Crippen molar-refractivity contribution in [3.8, 4) is 6.07 Å². The molecule has 0 amide bonds. The Balaban J connectivity index is 1.38. The van der Waals surface area contributed by atoms with Crippen molar-refractivity contribution in [2.75, 3.05) is 6.61 Å². The number of rotatable bonds is 15. The van der Waals surface area contributed by atoms with Gasteiger partial charge in [-0.15, -0.1) is 0 Å². The van der Waals surface area contributed by atoms with Crippen LogP contribution in [0.1, 0.15) is 74.1 Å². The van der Waals surface area contributed by atoms with Gasteiger partial charge in [0.15, 0.2) is 0 Å². The number of hydrogen-bond donors (Lipinski definition) is 0. The molecular weight excluding hydrogens is 515 g/mol. The lowest BCUT2D eigenvalue weighted by Crippen LogP contribution is -2.35. The van der Waals surface area contributed by atoms with Crippen LogP contribution >= 0.6 is 8.53 Å². The quantitative estimate of drug-likeness (QED) is 0.0825. The van der Waals surface area contributed by atoms with Crippen LogP contribution in [0.3, 0.4) is 0 Å². The molecule has 5 nitrogen and oxygen atoms in total. The fourth-order valence-corrected chi connectivity index (χ4v) is 7.33. The van der Waals surface area contributed by atoms with Crippen LogP contribution in [-0.2, 0) is 20.3 Å². The number of ketones is 1. The predicted molar refractivity (Wildman–Crippen MR) is 168 cm³/mol. The maximum absolute atomic E-state index is 13.1. The number of Topliss-reactive ketones (excluding diaryl/α,β-unsaturated/α-hetero) is 1. The molecule has 6 heteroatoms. The molecule has 0 spiro atoms. The summed E-state index contributed by atoms with van der Waals surface area (Å²) < 4.78 is 22.8. The number of carbonyl (C=O) groups excluding carboxylic acids is 1. The van der Waals surface area contributed by atoms with Crippen molar-refractivity contribution >= 4 is 46.6 Å². The zero-order chi connectivity index (χ0) is 29.5. The van der Waals surface area contributed by atoms with E-state index in [1.807, 2.05) is 6.92 Å². The first-order valence-corrected chi connectivity index (χ1v) is 15.6. The van der Waals surface area contributed by atoms with Crippen LogP contribution in [-0.4, -0.2) is 35.2 Å². The molecule has 40 heavy (non-hydrogen) atoms. The first-order chi connectivity index (χ1) is 19.7. The largest absolute Gasteiger partial charge is 0.321 e. The Hall–Kier alpha value is -2.61. The SMILES string of the molecule is [2H]C[C@H](CC(=O)CCCc1ccc2ccc3cccc4ccc1c2c34)[C@H](C)OP(OCCC#N)N(C(C)C)C(C)C. The number of hydrogen-bond acceptors (Lipinski definition) is 5. The Bertz CT molecular complexity index is 1460. The summed E-state index contributed by atoms with van der Waals surface area (Å²) in [6.07, 6.45) is 2.43. The van der Waals surface area contributed by atoms with Crippen LogP contribution in [0.15, 0.2) is 54.6 Å². The minimum absolute atomic E-state index is 0.118. The van der Waals surface area contributed by atoms with Crippen LogP contribution in [0.4, 0.5) is 0 Å². The third-order valence-electron chi connectivity index (χ3n) is 7.59. The number of nitrogens with zero attached hydrogens (tertiary/aromatic N) is 2. The molecule has 0 radical (unpaired) electrons. The van der Waals surface area contributed by atoms with E-state index in [4.69, 9.17) is 15.7 Å². The Morgan fingerprint density at radius 3 is 2.27 bits per heavy atom. The smallest absolute Gasteiger partial charge is 0.259 e. The van der Waals surface area contributed by atoms with Gasteiger partial charge < -0.3 is 9.05 Å². The van der Waals surface area contributed by atoms with Crippen molar-refractivity contribution in [3.05, 3.63) is 60.2 Å². The van der Waals surface area contributed by atoms with E-state index < -0.39 is 8.53 Å². The van der Waals surface area contributed by atoms with Gasteiger partial charge in [0, 0.05) is 26.3 Å². The molecule has 0 fully saturated rings. The molecule has 0 saturated heterocycles. The number of benzene rings is 4. The maximum Gasteiger partial charge on any atom is 0.259 e. The molecule has 0 aliphatic heterocycles. The monoisotopic (exact) mass is 559 g/mol. The average Bonchev–Trinajstić information content (AvgIpc) is 2.94. The van der Waals surface area contributed by atoms with Crippen molar-refractivity contribution < 1.29 is 15.2 Å². The molecule has 0 aliphatic rings. The normalized spacial score (nSPS) is 14.8. The predicted octanol–water partition coefficient (Wildman–Crippen LogP) is 9.18. The van der Waals surface area contributed by atoms with Crippen molar-refractivity contribution in [2.24, 2.45) is 5.92 Å².